The van der Waals surface area contributed by atoms with Crippen LogP contribution in [0, 0.1) is 0 Å². The van der Waals surface area contributed by atoms with Crippen LogP contribution in [-0.2, 0) is 4.79 Å². The first-order valence-corrected chi connectivity index (χ1v) is 8.01. The molecule has 1 saturated carbocycles. The number of likely N-dealkylation sites (tertiary alicyclic amines) is 1. The fraction of sp³-hybridized carbons (Fsp3) is 0.643. The SMILES string of the molecule is CN1C(=O)CCC12CCC(NC(=O)c1cscn1)CC2. The lowest BCUT2D eigenvalue weighted by molar-refractivity contribution is -0.130. The number of nitrogens with zero attached hydrogens (tertiary/aromatic N) is 2. The lowest BCUT2D eigenvalue weighted by Gasteiger charge is -2.42. The Hall–Kier alpha value is -1.43. The highest BCUT2D eigenvalue weighted by Gasteiger charge is 2.45. The third-order valence-corrected chi connectivity index (χ3v) is 5.39. The van der Waals surface area contributed by atoms with Crippen LogP contribution in [0.25, 0.3) is 0 Å². The van der Waals surface area contributed by atoms with Crippen LogP contribution in [0.15, 0.2) is 10.9 Å². The summed E-state index contributed by atoms with van der Waals surface area (Å²) in [5, 5.41) is 4.82. The van der Waals surface area contributed by atoms with Gasteiger partial charge in [0.05, 0.1) is 5.51 Å². The van der Waals surface area contributed by atoms with Crippen LogP contribution in [-0.4, -0.2) is 40.3 Å². The van der Waals surface area contributed by atoms with E-state index in [0.29, 0.717) is 12.1 Å². The Kier molecular flexibility index (Phi) is 3.50. The number of thiazole rings is 1. The second-order valence-corrected chi connectivity index (χ2v) is 6.52. The number of hydrogen-bond acceptors (Lipinski definition) is 4. The van der Waals surface area contributed by atoms with Crippen molar-refractivity contribution >= 4 is 23.2 Å². The number of amides is 2. The van der Waals surface area contributed by atoms with E-state index in [2.05, 4.69) is 10.3 Å². The van der Waals surface area contributed by atoms with Gasteiger partial charge in [0, 0.05) is 30.4 Å². The smallest absolute Gasteiger partial charge is 0.270 e. The maximum atomic E-state index is 12.0. The van der Waals surface area contributed by atoms with Crippen molar-refractivity contribution in [2.45, 2.75) is 50.1 Å². The molecular formula is C14H19N3O2S. The van der Waals surface area contributed by atoms with E-state index in [-0.39, 0.29) is 23.4 Å². The van der Waals surface area contributed by atoms with Crippen molar-refractivity contribution in [2.75, 3.05) is 7.05 Å². The summed E-state index contributed by atoms with van der Waals surface area (Å²) in [6.45, 7) is 0. The van der Waals surface area contributed by atoms with Gasteiger partial charge < -0.3 is 10.2 Å². The van der Waals surface area contributed by atoms with Crippen molar-refractivity contribution in [1.82, 2.24) is 15.2 Å². The average molecular weight is 293 g/mol. The summed E-state index contributed by atoms with van der Waals surface area (Å²) >= 11 is 1.43. The zero-order chi connectivity index (χ0) is 14.2. The number of carbonyl (C=O) groups excluding carboxylic acids is 2. The lowest BCUT2D eigenvalue weighted by Crippen LogP contribution is -2.49. The maximum absolute atomic E-state index is 12.0. The minimum Gasteiger partial charge on any atom is -0.348 e. The molecule has 2 aliphatic rings. The Labute approximate surface area is 122 Å². The van der Waals surface area contributed by atoms with Gasteiger partial charge in [0.1, 0.15) is 5.69 Å². The monoisotopic (exact) mass is 293 g/mol. The first-order valence-electron chi connectivity index (χ1n) is 7.06. The van der Waals surface area contributed by atoms with Crippen LogP contribution in [0.3, 0.4) is 0 Å². The van der Waals surface area contributed by atoms with E-state index in [0.717, 1.165) is 32.1 Å². The van der Waals surface area contributed by atoms with Crippen molar-refractivity contribution in [1.29, 1.82) is 0 Å². The van der Waals surface area contributed by atoms with Crippen LogP contribution in [0.2, 0.25) is 0 Å². The fourth-order valence-corrected chi connectivity index (χ4v) is 3.94. The third-order valence-electron chi connectivity index (χ3n) is 4.81. The van der Waals surface area contributed by atoms with Gasteiger partial charge >= 0.3 is 0 Å². The molecule has 0 unspecified atom stereocenters. The summed E-state index contributed by atoms with van der Waals surface area (Å²) in [6, 6.07) is 0.207. The number of nitrogens with one attached hydrogen (secondary N) is 1. The summed E-state index contributed by atoms with van der Waals surface area (Å²) in [4.78, 5) is 29.6. The molecule has 1 aliphatic heterocycles. The zero-order valence-corrected chi connectivity index (χ0v) is 12.4. The van der Waals surface area contributed by atoms with Gasteiger partial charge in [0.25, 0.3) is 5.91 Å². The Balaban J connectivity index is 1.57. The highest BCUT2D eigenvalue weighted by Crippen LogP contribution is 2.41. The highest BCUT2D eigenvalue weighted by molar-refractivity contribution is 7.07. The molecule has 1 spiro atoms. The molecule has 1 aromatic rings. The van der Waals surface area contributed by atoms with Crippen molar-refractivity contribution < 1.29 is 9.59 Å². The summed E-state index contributed by atoms with van der Waals surface area (Å²) in [6.07, 6.45) is 5.48. The number of aromatic nitrogens is 1. The lowest BCUT2D eigenvalue weighted by atomic mass is 9.78. The van der Waals surface area contributed by atoms with Gasteiger partial charge in [0.2, 0.25) is 5.91 Å². The second-order valence-electron chi connectivity index (χ2n) is 5.80. The van der Waals surface area contributed by atoms with E-state index >= 15 is 0 Å². The predicted molar refractivity (Wildman–Crippen MR) is 76.6 cm³/mol. The van der Waals surface area contributed by atoms with E-state index in [4.69, 9.17) is 0 Å². The van der Waals surface area contributed by atoms with Crippen LogP contribution in [0.5, 0.6) is 0 Å². The first kappa shape index (κ1) is 13.5. The van der Waals surface area contributed by atoms with E-state index < -0.39 is 0 Å². The van der Waals surface area contributed by atoms with Crippen LogP contribution in [0.1, 0.15) is 49.0 Å². The first-order chi connectivity index (χ1) is 9.61. The molecule has 6 heteroatoms. The van der Waals surface area contributed by atoms with Crippen molar-refractivity contribution in [2.24, 2.45) is 0 Å². The summed E-state index contributed by atoms with van der Waals surface area (Å²) in [5.41, 5.74) is 2.23. The molecule has 1 aliphatic carbocycles. The molecule has 0 bridgehead atoms. The molecule has 2 heterocycles. The minimum absolute atomic E-state index is 0.0545. The van der Waals surface area contributed by atoms with Crippen LogP contribution in [0.4, 0.5) is 0 Å². The highest BCUT2D eigenvalue weighted by atomic mass is 32.1. The molecule has 1 aromatic heterocycles. The molecule has 0 aromatic carbocycles. The Morgan fingerprint density at radius 2 is 2.20 bits per heavy atom. The normalized spacial score (nSPS) is 29.9. The quantitative estimate of drug-likeness (QED) is 0.904. The number of rotatable bonds is 2. The standard InChI is InChI=1S/C14H19N3O2S/c1-17-12(18)4-7-14(17)5-2-10(3-6-14)16-13(19)11-8-20-9-15-11/h8-10H,2-7H2,1H3,(H,16,19). The third kappa shape index (κ3) is 2.32. The molecular weight excluding hydrogens is 274 g/mol. The molecule has 20 heavy (non-hydrogen) atoms. The molecule has 3 rings (SSSR count). The summed E-state index contributed by atoms with van der Waals surface area (Å²) in [5.74, 6) is 0.179. The van der Waals surface area contributed by atoms with Gasteiger partial charge in [0.15, 0.2) is 0 Å². The predicted octanol–water partition coefficient (Wildman–Crippen LogP) is 1.81. The largest absolute Gasteiger partial charge is 0.348 e. The van der Waals surface area contributed by atoms with E-state index in [1.807, 2.05) is 11.9 Å². The van der Waals surface area contributed by atoms with Crippen molar-refractivity contribution in [3.05, 3.63) is 16.6 Å². The number of hydrogen-bond donors (Lipinski definition) is 1. The molecule has 0 atom stereocenters. The second kappa shape index (κ2) is 5.16. The van der Waals surface area contributed by atoms with Gasteiger partial charge in [-0.15, -0.1) is 11.3 Å². The zero-order valence-electron chi connectivity index (χ0n) is 11.6. The van der Waals surface area contributed by atoms with Gasteiger partial charge in [-0.3, -0.25) is 9.59 Å². The molecule has 5 nitrogen and oxygen atoms in total. The molecule has 1 saturated heterocycles. The number of carbonyl (C=O) groups is 2. The van der Waals surface area contributed by atoms with Crippen molar-refractivity contribution in [3.8, 4) is 0 Å². The maximum Gasteiger partial charge on any atom is 0.270 e. The van der Waals surface area contributed by atoms with Crippen LogP contribution < -0.4 is 5.32 Å². The topological polar surface area (TPSA) is 62.3 Å². The van der Waals surface area contributed by atoms with E-state index in [1.54, 1.807) is 10.9 Å². The van der Waals surface area contributed by atoms with Crippen molar-refractivity contribution in [3.63, 3.8) is 0 Å². The Morgan fingerprint density at radius 3 is 2.75 bits per heavy atom. The van der Waals surface area contributed by atoms with Gasteiger partial charge in [-0.2, -0.15) is 0 Å². The van der Waals surface area contributed by atoms with E-state index in [9.17, 15) is 9.59 Å². The summed E-state index contributed by atoms with van der Waals surface area (Å²) < 4.78 is 0. The Morgan fingerprint density at radius 1 is 1.45 bits per heavy atom. The molecule has 1 N–H and O–H groups in total. The minimum atomic E-state index is -0.0805. The van der Waals surface area contributed by atoms with Gasteiger partial charge in [-0.05, 0) is 32.1 Å². The molecule has 2 amide bonds. The molecule has 2 fully saturated rings. The van der Waals surface area contributed by atoms with E-state index in [1.165, 1.54) is 11.3 Å². The van der Waals surface area contributed by atoms with Crippen LogP contribution >= 0.6 is 11.3 Å². The summed E-state index contributed by atoms with van der Waals surface area (Å²) in [7, 11) is 1.92. The fourth-order valence-electron chi connectivity index (χ4n) is 3.41. The average Bonchev–Trinajstić information content (AvgIpc) is 3.07. The van der Waals surface area contributed by atoms with Gasteiger partial charge in [-0.25, -0.2) is 4.98 Å². The molecule has 108 valence electrons. The molecule has 0 radical (unpaired) electrons. The van der Waals surface area contributed by atoms with Gasteiger partial charge in [-0.1, -0.05) is 0 Å². The Bertz CT molecular complexity index is 506.